The number of carbonyl (C=O) groups is 2. The second kappa shape index (κ2) is 2.51. The maximum atomic E-state index is 10.5. The number of carboxylic acid groups (broad SMARTS) is 1. The molecule has 0 heterocycles. The molecule has 0 aliphatic heterocycles. The van der Waals surface area contributed by atoms with Crippen LogP contribution in [0.15, 0.2) is 11.6 Å². The minimum Gasteiger partial charge on any atom is -0.480 e. The molecular weight excluding hydrogens is 160 g/mol. The molecule has 12 heavy (non-hydrogen) atoms. The largest absolute Gasteiger partial charge is 0.480 e. The molecule has 0 aromatic rings. The molecule has 66 valence electrons. The average molecular weight is 170 g/mol. The number of carboxylic acids is 1. The van der Waals surface area contributed by atoms with Gasteiger partial charge in [0.05, 0.1) is 0 Å². The highest BCUT2D eigenvalue weighted by Crippen LogP contribution is 2.43. The van der Waals surface area contributed by atoms with E-state index in [1.165, 1.54) is 0 Å². The summed E-state index contributed by atoms with van der Waals surface area (Å²) in [4.78, 5) is 20.8. The second-order valence-corrected chi connectivity index (χ2v) is 2.89. The van der Waals surface area contributed by atoms with Crippen molar-refractivity contribution in [1.29, 1.82) is 0 Å². The van der Waals surface area contributed by atoms with Crippen molar-refractivity contribution in [3.05, 3.63) is 11.6 Å². The average Bonchev–Trinajstić information content (AvgIpc) is 2.59. The number of urea groups is 1. The first-order valence-corrected chi connectivity index (χ1v) is 3.45. The quantitative estimate of drug-likeness (QED) is 0.507. The van der Waals surface area contributed by atoms with Gasteiger partial charge in [-0.3, -0.25) is 4.79 Å². The van der Waals surface area contributed by atoms with E-state index in [4.69, 9.17) is 10.8 Å². The van der Waals surface area contributed by atoms with E-state index < -0.39 is 17.4 Å². The van der Waals surface area contributed by atoms with Crippen LogP contribution >= 0.6 is 0 Å². The van der Waals surface area contributed by atoms with E-state index in [-0.39, 0.29) is 6.54 Å². The lowest BCUT2D eigenvalue weighted by Gasteiger charge is -2.05. The van der Waals surface area contributed by atoms with Crippen LogP contribution in [0, 0.1) is 5.41 Å². The minimum absolute atomic E-state index is 0.220. The number of hydrogen-bond donors (Lipinski definition) is 3. The van der Waals surface area contributed by atoms with Crippen LogP contribution in [0.25, 0.3) is 0 Å². The smallest absolute Gasteiger partial charge is 0.317 e. The van der Waals surface area contributed by atoms with Gasteiger partial charge in [0.25, 0.3) is 0 Å². The topological polar surface area (TPSA) is 92.4 Å². The van der Waals surface area contributed by atoms with Crippen molar-refractivity contribution in [1.82, 2.24) is 5.32 Å². The number of hydrogen-bond acceptors (Lipinski definition) is 2. The Morgan fingerprint density at radius 3 is 2.67 bits per heavy atom. The van der Waals surface area contributed by atoms with Crippen LogP contribution < -0.4 is 11.1 Å². The van der Waals surface area contributed by atoms with E-state index in [2.05, 4.69) is 5.32 Å². The van der Waals surface area contributed by atoms with Crippen LogP contribution in [0.1, 0.15) is 6.92 Å². The summed E-state index contributed by atoms with van der Waals surface area (Å²) >= 11 is 0. The normalized spacial score (nSPS) is 25.9. The van der Waals surface area contributed by atoms with Crippen LogP contribution in [0.4, 0.5) is 4.79 Å². The van der Waals surface area contributed by atoms with E-state index in [9.17, 15) is 9.59 Å². The van der Waals surface area contributed by atoms with E-state index in [0.29, 0.717) is 5.57 Å². The number of nitrogens with two attached hydrogens (primary N) is 1. The Balaban J connectivity index is 2.37. The highest BCUT2D eigenvalue weighted by Gasteiger charge is 2.46. The lowest BCUT2D eigenvalue weighted by molar-refractivity contribution is -0.141. The Labute approximate surface area is 69.2 Å². The Kier molecular flexibility index (Phi) is 1.79. The second-order valence-electron chi connectivity index (χ2n) is 2.89. The number of amides is 2. The molecule has 2 amide bonds. The predicted octanol–water partition coefficient (Wildman–Crippen LogP) is -0.314. The van der Waals surface area contributed by atoms with Crippen LogP contribution in [0.3, 0.4) is 0 Å². The third-order valence-corrected chi connectivity index (χ3v) is 1.94. The van der Waals surface area contributed by atoms with Crippen molar-refractivity contribution in [2.75, 3.05) is 6.54 Å². The zero-order valence-corrected chi connectivity index (χ0v) is 6.63. The number of primary amides is 1. The summed E-state index contributed by atoms with van der Waals surface area (Å²) in [6, 6.07) is -0.643. The number of rotatable bonds is 3. The first-order valence-electron chi connectivity index (χ1n) is 3.45. The first-order chi connectivity index (χ1) is 5.47. The monoisotopic (exact) mass is 170 g/mol. The molecule has 0 saturated heterocycles. The van der Waals surface area contributed by atoms with Gasteiger partial charge in [0.1, 0.15) is 5.41 Å². The molecule has 1 aliphatic carbocycles. The summed E-state index contributed by atoms with van der Waals surface area (Å²) in [5.74, 6) is -0.899. The lowest BCUT2D eigenvalue weighted by atomic mass is 10.0. The van der Waals surface area contributed by atoms with Gasteiger partial charge in [-0.05, 0) is 12.5 Å². The van der Waals surface area contributed by atoms with Gasteiger partial charge >= 0.3 is 12.0 Å². The summed E-state index contributed by atoms with van der Waals surface area (Å²) in [5.41, 5.74) is 4.64. The first kappa shape index (κ1) is 8.58. The fourth-order valence-corrected chi connectivity index (χ4v) is 0.928. The van der Waals surface area contributed by atoms with E-state index in [0.717, 1.165) is 0 Å². The SMILES string of the molecule is C[C@@]1(C(=O)O)C=C1CNC(N)=O. The van der Waals surface area contributed by atoms with Gasteiger partial charge in [-0.2, -0.15) is 0 Å². The molecule has 5 nitrogen and oxygen atoms in total. The molecule has 0 fully saturated rings. The number of nitrogens with one attached hydrogen (secondary N) is 1. The number of aliphatic carboxylic acids is 1. The van der Waals surface area contributed by atoms with Gasteiger partial charge in [-0.25, -0.2) is 4.79 Å². The molecule has 1 atom stereocenters. The molecule has 0 bridgehead atoms. The highest BCUT2D eigenvalue weighted by molar-refractivity contribution is 5.87. The summed E-state index contributed by atoms with van der Waals surface area (Å²) in [6.07, 6.45) is 1.59. The summed E-state index contributed by atoms with van der Waals surface area (Å²) in [5, 5.41) is 11.0. The molecule has 0 aromatic heterocycles. The zero-order valence-electron chi connectivity index (χ0n) is 6.63. The van der Waals surface area contributed by atoms with Crippen LogP contribution in [-0.2, 0) is 4.79 Å². The highest BCUT2D eigenvalue weighted by atomic mass is 16.4. The van der Waals surface area contributed by atoms with Crippen molar-refractivity contribution in [2.45, 2.75) is 6.92 Å². The number of carbonyl (C=O) groups excluding carboxylic acids is 1. The van der Waals surface area contributed by atoms with Crippen molar-refractivity contribution in [3.63, 3.8) is 0 Å². The summed E-state index contributed by atoms with van der Waals surface area (Å²) in [7, 11) is 0. The van der Waals surface area contributed by atoms with Crippen molar-refractivity contribution in [3.8, 4) is 0 Å². The Morgan fingerprint density at radius 2 is 2.33 bits per heavy atom. The van der Waals surface area contributed by atoms with Gasteiger partial charge in [0, 0.05) is 6.54 Å². The fraction of sp³-hybridized carbons (Fsp3) is 0.429. The van der Waals surface area contributed by atoms with E-state index in [1.807, 2.05) is 0 Å². The van der Waals surface area contributed by atoms with E-state index in [1.54, 1.807) is 13.0 Å². The van der Waals surface area contributed by atoms with Crippen molar-refractivity contribution >= 4 is 12.0 Å². The van der Waals surface area contributed by atoms with Gasteiger partial charge in [-0.15, -0.1) is 0 Å². The lowest BCUT2D eigenvalue weighted by Crippen LogP contribution is -2.31. The predicted molar refractivity (Wildman–Crippen MR) is 41.4 cm³/mol. The summed E-state index contributed by atoms with van der Waals surface area (Å²) < 4.78 is 0. The fourth-order valence-electron chi connectivity index (χ4n) is 0.928. The minimum atomic E-state index is -0.899. The van der Waals surface area contributed by atoms with Gasteiger partial charge in [0.15, 0.2) is 0 Å². The van der Waals surface area contributed by atoms with Crippen LogP contribution in [0.2, 0.25) is 0 Å². The van der Waals surface area contributed by atoms with Gasteiger partial charge in [0.2, 0.25) is 0 Å². The standard InChI is InChI=1S/C7H10N2O3/c1-7(5(10)11)2-4(7)3-9-6(8)12/h2H,3H2,1H3,(H,10,11)(H3,8,9,12)/t7-/m1/s1. The molecule has 1 aliphatic rings. The van der Waals surface area contributed by atoms with Crippen LogP contribution in [0.5, 0.6) is 0 Å². The maximum Gasteiger partial charge on any atom is 0.317 e. The van der Waals surface area contributed by atoms with Crippen LogP contribution in [-0.4, -0.2) is 23.7 Å². The molecule has 0 saturated carbocycles. The Morgan fingerprint density at radius 1 is 1.75 bits per heavy atom. The third kappa shape index (κ3) is 1.39. The molecular formula is C7H10N2O3. The Bertz CT molecular complexity index is 272. The Hall–Kier alpha value is -1.52. The van der Waals surface area contributed by atoms with E-state index >= 15 is 0 Å². The molecule has 0 radical (unpaired) electrons. The molecule has 0 unspecified atom stereocenters. The molecule has 0 spiro atoms. The molecule has 0 aromatic carbocycles. The summed E-state index contributed by atoms with van der Waals surface area (Å²) in [6.45, 7) is 1.80. The third-order valence-electron chi connectivity index (χ3n) is 1.94. The molecule has 4 N–H and O–H groups in total. The zero-order chi connectivity index (χ0) is 9.35. The van der Waals surface area contributed by atoms with Gasteiger partial charge in [-0.1, -0.05) is 6.08 Å². The molecule has 1 rings (SSSR count). The molecule has 5 heteroatoms. The van der Waals surface area contributed by atoms with Crippen molar-refractivity contribution in [2.24, 2.45) is 11.1 Å². The van der Waals surface area contributed by atoms with Gasteiger partial charge < -0.3 is 16.2 Å². The van der Waals surface area contributed by atoms with Crippen molar-refractivity contribution < 1.29 is 14.7 Å². The maximum absolute atomic E-state index is 10.5.